The highest BCUT2D eigenvalue weighted by atomic mass is 19.1. The highest BCUT2D eigenvalue weighted by molar-refractivity contribution is 6.08. The van der Waals surface area contributed by atoms with Crippen LogP contribution in [0.4, 0.5) is 8.78 Å². The summed E-state index contributed by atoms with van der Waals surface area (Å²) in [5, 5.41) is 3.79. The average molecular weight is 549 g/mol. The Morgan fingerprint density at radius 1 is 1.07 bits per heavy atom. The van der Waals surface area contributed by atoms with E-state index in [9.17, 15) is 18.4 Å². The van der Waals surface area contributed by atoms with Gasteiger partial charge in [-0.2, -0.15) is 0 Å². The molecule has 2 aromatic heterocycles. The number of pyridine rings is 1. The van der Waals surface area contributed by atoms with Gasteiger partial charge in [0.1, 0.15) is 17.4 Å². The Bertz CT molecular complexity index is 1580. The van der Waals surface area contributed by atoms with Crippen LogP contribution in [0.5, 0.6) is 5.75 Å². The lowest BCUT2D eigenvalue weighted by Crippen LogP contribution is -2.34. The predicted molar refractivity (Wildman–Crippen MR) is 151 cm³/mol. The number of methoxy groups -OCH3 is 1. The molecule has 1 fully saturated rings. The van der Waals surface area contributed by atoms with Crippen LogP contribution in [-0.4, -0.2) is 40.6 Å². The topological polar surface area (TPSA) is 79.4 Å². The number of ether oxygens (including phenoxy) is 1. The van der Waals surface area contributed by atoms with Gasteiger partial charge in [-0.25, -0.2) is 8.78 Å². The fraction of sp³-hybridized carbons (Fsp3) is 0.355. The second-order valence-corrected chi connectivity index (χ2v) is 10.6. The lowest BCUT2D eigenvalue weighted by molar-refractivity contribution is 0.0951. The van der Waals surface area contributed by atoms with E-state index in [1.54, 1.807) is 13.0 Å². The van der Waals surface area contributed by atoms with Crippen LogP contribution in [0.25, 0.3) is 10.9 Å². The standard InChI is InChI=1S/C31H34F2N4O3/c1-19-12-28(40-3)26(30(38)35-19)16-34-31(39)29-20(2)37(27-7-5-4-6-25(27)29)18-21-8-10-36(11-9-21)17-22-13-23(32)15-24(33)14-22/h4-7,12-15,21H,8-11,16-18H2,1-3H3,(H,34,39)(H,35,38). The summed E-state index contributed by atoms with van der Waals surface area (Å²) in [7, 11) is 1.50. The van der Waals surface area contributed by atoms with E-state index in [1.807, 2.05) is 31.2 Å². The van der Waals surface area contributed by atoms with Crippen molar-refractivity contribution >= 4 is 16.8 Å². The van der Waals surface area contributed by atoms with E-state index in [4.69, 9.17) is 4.74 Å². The number of nitrogens with one attached hydrogen (secondary N) is 2. The molecule has 0 spiro atoms. The van der Waals surface area contributed by atoms with Gasteiger partial charge in [-0.3, -0.25) is 14.5 Å². The van der Waals surface area contributed by atoms with Crippen LogP contribution in [0.2, 0.25) is 0 Å². The van der Waals surface area contributed by atoms with Gasteiger partial charge < -0.3 is 19.6 Å². The molecule has 7 nitrogen and oxygen atoms in total. The number of piperidine rings is 1. The van der Waals surface area contributed by atoms with Gasteiger partial charge in [0.15, 0.2) is 0 Å². The summed E-state index contributed by atoms with van der Waals surface area (Å²) < 4.78 is 34.8. The molecule has 210 valence electrons. The third-order valence-electron chi connectivity index (χ3n) is 7.81. The summed E-state index contributed by atoms with van der Waals surface area (Å²) in [6, 6.07) is 13.3. The van der Waals surface area contributed by atoms with E-state index in [0.717, 1.165) is 55.1 Å². The number of fused-ring (bicyclic) bond motifs is 1. The van der Waals surface area contributed by atoms with Gasteiger partial charge in [-0.05, 0) is 75.5 Å². The molecule has 9 heteroatoms. The first-order chi connectivity index (χ1) is 19.2. The van der Waals surface area contributed by atoms with E-state index in [2.05, 4.69) is 19.8 Å². The minimum absolute atomic E-state index is 0.0459. The molecule has 0 radical (unpaired) electrons. The van der Waals surface area contributed by atoms with Crippen molar-refractivity contribution in [2.75, 3.05) is 20.2 Å². The number of amides is 1. The number of benzene rings is 2. The minimum Gasteiger partial charge on any atom is -0.496 e. The van der Waals surface area contributed by atoms with Crippen molar-refractivity contribution in [3.63, 3.8) is 0 Å². The number of aromatic nitrogens is 2. The van der Waals surface area contributed by atoms with Crippen molar-refractivity contribution < 1.29 is 18.3 Å². The van der Waals surface area contributed by atoms with Gasteiger partial charge in [0.25, 0.3) is 11.5 Å². The van der Waals surface area contributed by atoms with Crippen molar-refractivity contribution in [3.8, 4) is 5.75 Å². The molecule has 1 aliphatic heterocycles. The number of carbonyl (C=O) groups is 1. The van der Waals surface area contributed by atoms with E-state index in [0.29, 0.717) is 40.6 Å². The predicted octanol–water partition coefficient (Wildman–Crippen LogP) is 5.08. The second-order valence-electron chi connectivity index (χ2n) is 10.6. The monoisotopic (exact) mass is 548 g/mol. The Kier molecular flexibility index (Phi) is 8.02. The minimum atomic E-state index is -0.551. The normalized spacial score (nSPS) is 14.5. The smallest absolute Gasteiger partial charge is 0.256 e. The molecule has 2 aromatic carbocycles. The Hall–Kier alpha value is -3.98. The first-order valence-electron chi connectivity index (χ1n) is 13.5. The molecule has 4 aromatic rings. The van der Waals surface area contributed by atoms with Crippen LogP contribution >= 0.6 is 0 Å². The lowest BCUT2D eigenvalue weighted by Gasteiger charge is -2.32. The van der Waals surface area contributed by atoms with E-state index >= 15 is 0 Å². The van der Waals surface area contributed by atoms with Crippen molar-refractivity contribution in [1.29, 1.82) is 0 Å². The molecule has 1 saturated heterocycles. The number of para-hydroxylation sites is 1. The maximum absolute atomic E-state index is 13.6. The first-order valence-corrected chi connectivity index (χ1v) is 13.5. The van der Waals surface area contributed by atoms with Crippen LogP contribution in [0, 0.1) is 31.4 Å². The molecule has 40 heavy (non-hydrogen) atoms. The van der Waals surface area contributed by atoms with Crippen LogP contribution < -0.4 is 15.6 Å². The zero-order chi connectivity index (χ0) is 28.4. The molecule has 1 aliphatic rings. The average Bonchev–Trinajstić information content (AvgIpc) is 3.19. The maximum Gasteiger partial charge on any atom is 0.256 e. The molecule has 3 heterocycles. The van der Waals surface area contributed by atoms with Gasteiger partial charge in [0.2, 0.25) is 0 Å². The highest BCUT2D eigenvalue weighted by Gasteiger charge is 2.25. The Balaban J connectivity index is 1.30. The van der Waals surface area contributed by atoms with E-state index in [1.165, 1.54) is 19.2 Å². The third-order valence-corrected chi connectivity index (χ3v) is 7.81. The largest absolute Gasteiger partial charge is 0.496 e. The Labute approximate surface area is 231 Å². The lowest BCUT2D eigenvalue weighted by atomic mass is 9.96. The van der Waals surface area contributed by atoms with Crippen molar-refractivity contribution in [3.05, 3.63) is 98.6 Å². The molecule has 0 atom stereocenters. The van der Waals surface area contributed by atoms with Crippen LogP contribution in [0.15, 0.2) is 53.3 Å². The van der Waals surface area contributed by atoms with Crippen molar-refractivity contribution in [2.24, 2.45) is 5.92 Å². The fourth-order valence-electron chi connectivity index (χ4n) is 5.79. The Morgan fingerprint density at radius 3 is 2.48 bits per heavy atom. The molecule has 2 N–H and O–H groups in total. The highest BCUT2D eigenvalue weighted by Crippen LogP contribution is 2.30. The summed E-state index contributed by atoms with van der Waals surface area (Å²) in [4.78, 5) is 31.0. The number of carbonyl (C=O) groups excluding carboxylic acids is 1. The first kappa shape index (κ1) is 27.6. The van der Waals surface area contributed by atoms with Crippen molar-refractivity contribution in [2.45, 2.75) is 46.3 Å². The number of rotatable bonds is 8. The SMILES string of the molecule is COc1cc(C)[nH]c(=O)c1CNC(=O)c1c(C)n(CC2CCN(Cc3cc(F)cc(F)c3)CC2)c2ccccc12. The molecular formula is C31H34F2N4O3. The van der Waals surface area contributed by atoms with Gasteiger partial charge in [0.05, 0.1) is 24.8 Å². The molecule has 0 aliphatic carbocycles. The Morgan fingerprint density at radius 2 is 1.77 bits per heavy atom. The second kappa shape index (κ2) is 11.6. The molecule has 0 bridgehead atoms. The van der Waals surface area contributed by atoms with Gasteiger partial charge in [-0.15, -0.1) is 0 Å². The fourth-order valence-corrected chi connectivity index (χ4v) is 5.79. The van der Waals surface area contributed by atoms with Crippen LogP contribution in [0.1, 0.15) is 45.7 Å². The number of nitrogens with zero attached hydrogens (tertiary/aromatic N) is 2. The van der Waals surface area contributed by atoms with Crippen molar-refractivity contribution in [1.82, 2.24) is 19.8 Å². The summed E-state index contributed by atoms with van der Waals surface area (Å²) in [6.07, 6.45) is 1.89. The zero-order valence-electron chi connectivity index (χ0n) is 23.0. The van der Waals surface area contributed by atoms with Crippen LogP contribution in [0.3, 0.4) is 0 Å². The summed E-state index contributed by atoms with van der Waals surface area (Å²) >= 11 is 0. The zero-order valence-corrected chi connectivity index (χ0v) is 23.0. The number of aryl methyl sites for hydroxylation is 1. The quantitative estimate of drug-likeness (QED) is 0.322. The molecule has 1 amide bonds. The maximum atomic E-state index is 13.6. The van der Waals surface area contributed by atoms with Gasteiger partial charge in [0, 0.05) is 41.4 Å². The number of hydrogen-bond acceptors (Lipinski definition) is 4. The molecule has 0 saturated carbocycles. The summed E-state index contributed by atoms with van der Waals surface area (Å²) in [6.45, 7) is 6.74. The summed E-state index contributed by atoms with van der Waals surface area (Å²) in [5.41, 5.74) is 3.88. The molecule has 5 rings (SSSR count). The molecule has 0 unspecified atom stereocenters. The van der Waals surface area contributed by atoms with Crippen LogP contribution in [-0.2, 0) is 19.6 Å². The number of aromatic amines is 1. The summed E-state index contributed by atoms with van der Waals surface area (Å²) in [5.74, 6) is -0.503. The third kappa shape index (κ3) is 5.79. The number of hydrogen-bond donors (Lipinski definition) is 2. The number of likely N-dealkylation sites (tertiary alicyclic amines) is 1. The van der Waals surface area contributed by atoms with E-state index < -0.39 is 11.6 Å². The number of H-pyrrole nitrogens is 1. The van der Waals surface area contributed by atoms with Gasteiger partial charge >= 0.3 is 0 Å². The number of halogens is 2. The van der Waals surface area contributed by atoms with E-state index in [-0.39, 0.29) is 18.0 Å². The van der Waals surface area contributed by atoms with Gasteiger partial charge in [-0.1, -0.05) is 18.2 Å². The molecular weight excluding hydrogens is 514 g/mol.